The Labute approximate surface area is 382 Å². The molecule has 62 heavy (non-hydrogen) atoms. The monoisotopic (exact) mass is 882 g/mol. The number of ether oxygens (including phenoxy) is 2. The van der Waals surface area contributed by atoms with Gasteiger partial charge in [0.05, 0.1) is 25.4 Å². The maximum absolute atomic E-state index is 13.0. The van der Waals surface area contributed by atoms with Gasteiger partial charge >= 0.3 is 0 Å². The van der Waals surface area contributed by atoms with Crippen LogP contribution in [0.1, 0.15) is 264 Å². The molecule has 0 aromatic heterocycles. The minimum Gasteiger partial charge on any atom is -0.394 e. The zero-order valence-electron chi connectivity index (χ0n) is 40.6. The second-order valence-electron chi connectivity index (χ2n) is 19.0. The highest BCUT2D eigenvalue weighted by Gasteiger charge is 2.44. The van der Waals surface area contributed by atoms with Crippen LogP contribution in [0.2, 0.25) is 0 Å². The summed E-state index contributed by atoms with van der Waals surface area (Å²) in [5.41, 5.74) is 0. The first-order valence-electron chi connectivity index (χ1n) is 26.9. The minimum atomic E-state index is -1.55. The number of carbonyl (C=O) groups is 1. The molecule has 1 fully saturated rings. The van der Waals surface area contributed by atoms with Gasteiger partial charge in [0.25, 0.3) is 0 Å². The summed E-state index contributed by atoms with van der Waals surface area (Å²) < 4.78 is 11.3. The van der Waals surface area contributed by atoms with Gasteiger partial charge in [-0.15, -0.1) is 0 Å². The zero-order chi connectivity index (χ0) is 45.1. The first-order chi connectivity index (χ1) is 30.3. The minimum absolute atomic E-state index is 0.135. The van der Waals surface area contributed by atoms with E-state index in [2.05, 4.69) is 31.3 Å². The van der Waals surface area contributed by atoms with Crippen molar-refractivity contribution < 1.29 is 39.8 Å². The van der Waals surface area contributed by atoms with E-state index in [9.17, 15) is 30.3 Å². The maximum Gasteiger partial charge on any atom is 0.220 e. The number of rotatable bonds is 46. The maximum atomic E-state index is 13.0. The van der Waals surface area contributed by atoms with Gasteiger partial charge in [0.1, 0.15) is 24.4 Å². The molecule has 368 valence electrons. The van der Waals surface area contributed by atoms with Crippen LogP contribution in [0.3, 0.4) is 0 Å². The normalized spacial score (nSPS) is 20.3. The second-order valence-corrected chi connectivity index (χ2v) is 19.0. The summed E-state index contributed by atoms with van der Waals surface area (Å²) in [6.45, 7) is 3.86. The van der Waals surface area contributed by atoms with Crippen molar-refractivity contribution in [3.05, 3.63) is 12.2 Å². The summed E-state index contributed by atoms with van der Waals surface area (Å²) in [4.78, 5) is 13.0. The zero-order valence-corrected chi connectivity index (χ0v) is 40.6. The summed E-state index contributed by atoms with van der Waals surface area (Å²) in [6, 6.07) is -0.717. The van der Waals surface area contributed by atoms with E-state index >= 15 is 0 Å². The van der Waals surface area contributed by atoms with Crippen molar-refractivity contribution in [2.24, 2.45) is 0 Å². The number of hydrogen-bond donors (Lipinski definition) is 6. The van der Waals surface area contributed by atoms with Crippen LogP contribution in [0.15, 0.2) is 12.2 Å². The molecule has 9 nitrogen and oxygen atoms in total. The number of amides is 1. The molecule has 0 aromatic rings. The number of allylic oxidation sites excluding steroid dienone is 2. The molecular formula is C53H103NO8. The molecule has 1 aliphatic rings. The van der Waals surface area contributed by atoms with Crippen molar-refractivity contribution >= 4 is 5.91 Å². The lowest BCUT2D eigenvalue weighted by molar-refractivity contribution is -0.302. The van der Waals surface area contributed by atoms with Crippen molar-refractivity contribution in [1.82, 2.24) is 5.32 Å². The van der Waals surface area contributed by atoms with E-state index in [0.717, 1.165) is 38.5 Å². The van der Waals surface area contributed by atoms with E-state index in [-0.39, 0.29) is 12.5 Å². The van der Waals surface area contributed by atoms with Crippen molar-refractivity contribution in [2.45, 2.75) is 307 Å². The van der Waals surface area contributed by atoms with Crippen molar-refractivity contribution in [3.63, 3.8) is 0 Å². The van der Waals surface area contributed by atoms with Gasteiger partial charge in [0.2, 0.25) is 5.91 Å². The van der Waals surface area contributed by atoms with E-state index in [0.29, 0.717) is 12.8 Å². The molecule has 1 rings (SSSR count). The van der Waals surface area contributed by atoms with Crippen molar-refractivity contribution in [2.75, 3.05) is 13.2 Å². The van der Waals surface area contributed by atoms with Crippen LogP contribution >= 0.6 is 0 Å². The number of carbonyl (C=O) groups excluding carboxylic acids is 1. The summed E-state index contributed by atoms with van der Waals surface area (Å²) in [5, 5.41) is 54.5. The van der Waals surface area contributed by atoms with E-state index in [1.165, 1.54) is 199 Å². The third-order valence-corrected chi connectivity index (χ3v) is 13.1. The standard InChI is InChI=1S/C53H103NO8/c1-3-5-7-9-11-13-15-17-19-20-21-22-23-24-25-26-27-29-31-33-35-37-39-41-43-49(57)54-46(45-61-53-52(60)51(59)50(58)48(44-55)62-53)47(56)42-40-38-36-34-32-30-28-18-16-14-12-10-8-6-4-2/h24-25,46-48,50-53,55-56,58-60H,3-23,26-45H2,1-2H3,(H,54,57)/b25-24-. The summed E-state index contributed by atoms with van der Waals surface area (Å²) in [5.74, 6) is -0.144. The lowest BCUT2D eigenvalue weighted by atomic mass is 9.99. The molecule has 6 N–H and O–H groups in total. The lowest BCUT2D eigenvalue weighted by Gasteiger charge is -2.40. The first-order valence-corrected chi connectivity index (χ1v) is 26.9. The molecule has 0 aromatic carbocycles. The average Bonchev–Trinajstić information content (AvgIpc) is 3.27. The molecule has 7 unspecified atom stereocenters. The highest BCUT2D eigenvalue weighted by molar-refractivity contribution is 5.76. The Balaban J connectivity index is 2.22. The number of hydrogen-bond acceptors (Lipinski definition) is 8. The van der Waals surface area contributed by atoms with Gasteiger partial charge in [-0.1, -0.05) is 231 Å². The smallest absolute Gasteiger partial charge is 0.220 e. The van der Waals surface area contributed by atoms with Gasteiger partial charge in [-0.2, -0.15) is 0 Å². The summed E-state index contributed by atoms with van der Waals surface area (Å²) >= 11 is 0. The number of unbranched alkanes of at least 4 members (excludes halogenated alkanes) is 34. The van der Waals surface area contributed by atoms with Gasteiger partial charge in [-0.3, -0.25) is 4.79 Å². The largest absolute Gasteiger partial charge is 0.394 e. The Morgan fingerprint density at radius 2 is 0.903 bits per heavy atom. The van der Waals surface area contributed by atoms with Gasteiger partial charge in [-0.05, 0) is 38.5 Å². The van der Waals surface area contributed by atoms with Gasteiger partial charge in [-0.25, -0.2) is 0 Å². The molecule has 0 saturated carbocycles. The van der Waals surface area contributed by atoms with E-state index in [1.54, 1.807) is 0 Å². The summed E-state index contributed by atoms with van der Waals surface area (Å²) in [6.07, 6.45) is 45.1. The molecule has 7 atom stereocenters. The highest BCUT2D eigenvalue weighted by atomic mass is 16.7. The summed E-state index contributed by atoms with van der Waals surface area (Å²) in [7, 11) is 0. The Morgan fingerprint density at radius 3 is 1.31 bits per heavy atom. The lowest BCUT2D eigenvalue weighted by Crippen LogP contribution is -2.60. The fraction of sp³-hybridized carbons (Fsp3) is 0.943. The van der Waals surface area contributed by atoms with E-state index < -0.39 is 49.5 Å². The molecule has 0 aliphatic carbocycles. The van der Waals surface area contributed by atoms with Crippen LogP contribution in [-0.4, -0.2) is 87.5 Å². The third-order valence-electron chi connectivity index (χ3n) is 13.1. The Kier molecular flexibility index (Phi) is 41.6. The Hall–Kier alpha value is -1.07. The predicted molar refractivity (Wildman–Crippen MR) is 258 cm³/mol. The number of aliphatic hydroxyl groups is 5. The van der Waals surface area contributed by atoms with Crippen molar-refractivity contribution in [1.29, 1.82) is 0 Å². The molecule has 1 saturated heterocycles. The topological polar surface area (TPSA) is 149 Å². The molecular weight excluding hydrogens is 779 g/mol. The van der Waals surface area contributed by atoms with Gasteiger partial charge in [0.15, 0.2) is 6.29 Å². The second kappa shape index (κ2) is 43.8. The fourth-order valence-corrected chi connectivity index (χ4v) is 8.80. The number of aliphatic hydroxyl groups excluding tert-OH is 5. The molecule has 0 bridgehead atoms. The van der Waals surface area contributed by atoms with Gasteiger partial charge in [0, 0.05) is 6.42 Å². The van der Waals surface area contributed by atoms with E-state index in [4.69, 9.17) is 9.47 Å². The van der Waals surface area contributed by atoms with Crippen molar-refractivity contribution in [3.8, 4) is 0 Å². The molecule has 1 aliphatic heterocycles. The third kappa shape index (κ3) is 33.4. The SMILES string of the molecule is CCCCCCCCCCCCCC/C=C\CCCCCCCCCCC(=O)NC(COC1OC(CO)C(O)C(O)C1O)C(O)CCCCCCCCCCCCCCCCC. The van der Waals surface area contributed by atoms with Crippen LogP contribution in [0.5, 0.6) is 0 Å². The number of nitrogens with one attached hydrogen (secondary N) is 1. The van der Waals surface area contributed by atoms with Crippen LogP contribution in [0.25, 0.3) is 0 Å². The molecule has 1 heterocycles. The molecule has 1 amide bonds. The van der Waals surface area contributed by atoms with Crippen LogP contribution < -0.4 is 5.32 Å². The van der Waals surface area contributed by atoms with Gasteiger partial charge < -0.3 is 40.3 Å². The van der Waals surface area contributed by atoms with Crippen LogP contribution in [0.4, 0.5) is 0 Å². The van der Waals surface area contributed by atoms with Crippen LogP contribution in [0, 0.1) is 0 Å². The van der Waals surface area contributed by atoms with E-state index in [1.807, 2.05) is 0 Å². The molecule has 0 spiro atoms. The molecule has 0 radical (unpaired) electrons. The van der Waals surface area contributed by atoms with Crippen LogP contribution in [-0.2, 0) is 14.3 Å². The Bertz CT molecular complexity index is 981. The highest BCUT2D eigenvalue weighted by Crippen LogP contribution is 2.23. The Morgan fingerprint density at radius 1 is 0.532 bits per heavy atom. The fourth-order valence-electron chi connectivity index (χ4n) is 8.80. The predicted octanol–water partition coefficient (Wildman–Crippen LogP) is 12.5. The average molecular weight is 882 g/mol. The quantitative estimate of drug-likeness (QED) is 0.0261. The molecule has 9 heteroatoms. The first kappa shape index (κ1) is 58.9.